The van der Waals surface area contributed by atoms with Crippen LogP contribution in [0.15, 0.2) is 0 Å². The van der Waals surface area contributed by atoms with E-state index in [1.807, 2.05) is 18.7 Å². The van der Waals surface area contributed by atoms with Crippen LogP contribution in [-0.2, 0) is 13.5 Å². The predicted octanol–water partition coefficient (Wildman–Crippen LogP) is 0.397. The van der Waals surface area contributed by atoms with Crippen molar-refractivity contribution in [1.82, 2.24) is 20.1 Å². The summed E-state index contributed by atoms with van der Waals surface area (Å²) in [6, 6.07) is 0.520. The van der Waals surface area contributed by atoms with E-state index >= 15 is 0 Å². The Morgan fingerprint density at radius 2 is 2.07 bits per heavy atom. The zero-order valence-corrected chi connectivity index (χ0v) is 9.33. The van der Waals surface area contributed by atoms with Crippen molar-refractivity contribution in [2.24, 2.45) is 7.05 Å². The maximum absolute atomic E-state index is 4.09. The summed E-state index contributed by atoms with van der Waals surface area (Å²) in [5.74, 6) is 1.81. The van der Waals surface area contributed by atoms with E-state index in [2.05, 4.69) is 34.7 Å². The van der Waals surface area contributed by atoms with Crippen LogP contribution in [0.2, 0.25) is 0 Å². The van der Waals surface area contributed by atoms with Gasteiger partial charge in [0.15, 0.2) is 0 Å². The molecule has 0 fully saturated rings. The third-order valence-corrected chi connectivity index (χ3v) is 2.09. The van der Waals surface area contributed by atoms with Crippen molar-refractivity contribution < 1.29 is 0 Å². The van der Waals surface area contributed by atoms with Crippen molar-refractivity contribution in [3.05, 3.63) is 5.82 Å². The number of rotatable bonds is 5. The largest absolute Gasteiger partial charge is 0.357 e. The minimum Gasteiger partial charge on any atom is -0.357 e. The molecule has 1 aromatic rings. The van der Waals surface area contributed by atoms with Crippen LogP contribution in [0.25, 0.3) is 0 Å². The molecule has 0 amide bonds. The zero-order valence-electron chi connectivity index (χ0n) is 9.33. The highest BCUT2D eigenvalue weighted by molar-refractivity contribution is 5.23. The molecule has 5 nitrogen and oxygen atoms in total. The summed E-state index contributed by atoms with van der Waals surface area (Å²) in [7, 11) is 3.82. The smallest absolute Gasteiger partial charge is 0.224 e. The van der Waals surface area contributed by atoms with E-state index in [0.717, 1.165) is 24.7 Å². The van der Waals surface area contributed by atoms with Crippen LogP contribution < -0.4 is 10.6 Å². The van der Waals surface area contributed by atoms with Crippen molar-refractivity contribution >= 4 is 5.95 Å². The van der Waals surface area contributed by atoms with Gasteiger partial charge in [-0.1, -0.05) is 13.8 Å². The Balaban J connectivity index is 2.46. The van der Waals surface area contributed by atoms with Gasteiger partial charge >= 0.3 is 0 Å². The number of hydrogen-bond donors (Lipinski definition) is 2. The number of hydrogen-bond acceptors (Lipinski definition) is 4. The molecule has 0 aliphatic rings. The van der Waals surface area contributed by atoms with E-state index in [9.17, 15) is 0 Å². The minimum atomic E-state index is 0.520. The molecule has 1 rings (SSSR count). The van der Waals surface area contributed by atoms with Gasteiger partial charge in [0.05, 0.1) is 0 Å². The van der Waals surface area contributed by atoms with Gasteiger partial charge in [0.2, 0.25) is 5.95 Å². The maximum atomic E-state index is 4.09. The average Bonchev–Trinajstić information content (AvgIpc) is 2.47. The summed E-state index contributed by atoms with van der Waals surface area (Å²) in [4.78, 5) is 0. The Morgan fingerprint density at radius 1 is 1.36 bits per heavy atom. The van der Waals surface area contributed by atoms with Crippen LogP contribution in [0.5, 0.6) is 0 Å². The molecule has 0 spiro atoms. The van der Waals surface area contributed by atoms with Gasteiger partial charge in [0.25, 0.3) is 0 Å². The zero-order chi connectivity index (χ0) is 10.6. The van der Waals surface area contributed by atoms with Gasteiger partial charge in [-0.15, -0.1) is 10.2 Å². The second-order valence-corrected chi connectivity index (χ2v) is 3.61. The predicted molar refractivity (Wildman–Crippen MR) is 57.4 cm³/mol. The molecule has 0 unspecified atom stereocenters. The molecule has 0 saturated heterocycles. The molecule has 2 N–H and O–H groups in total. The van der Waals surface area contributed by atoms with Crippen LogP contribution in [-0.4, -0.2) is 34.4 Å². The second kappa shape index (κ2) is 4.95. The van der Waals surface area contributed by atoms with Crippen molar-refractivity contribution in [3.63, 3.8) is 0 Å². The number of anilines is 1. The Labute approximate surface area is 84.9 Å². The molecule has 5 heteroatoms. The van der Waals surface area contributed by atoms with Crippen LogP contribution >= 0.6 is 0 Å². The molecule has 1 heterocycles. The number of nitrogens with one attached hydrogen (secondary N) is 2. The van der Waals surface area contributed by atoms with Gasteiger partial charge in [-0.25, -0.2) is 0 Å². The highest BCUT2D eigenvalue weighted by atomic mass is 15.3. The molecule has 14 heavy (non-hydrogen) atoms. The van der Waals surface area contributed by atoms with Crippen LogP contribution in [0, 0.1) is 0 Å². The fraction of sp³-hybridized carbons (Fsp3) is 0.778. The lowest BCUT2D eigenvalue weighted by Gasteiger charge is -2.07. The normalized spacial score (nSPS) is 10.9. The Morgan fingerprint density at radius 3 is 2.57 bits per heavy atom. The van der Waals surface area contributed by atoms with E-state index in [4.69, 9.17) is 0 Å². The van der Waals surface area contributed by atoms with Gasteiger partial charge in [0.1, 0.15) is 5.82 Å². The molecule has 0 atom stereocenters. The fourth-order valence-electron chi connectivity index (χ4n) is 1.27. The molecule has 0 aliphatic carbocycles. The summed E-state index contributed by atoms with van der Waals surface area (Å²) in [6.07, 6.45) is 0.906. The van der Waals surface area contributed by atoms with E-state index in [0.29, 0.717) is 6.04 Å². The first-order valence-corrected chi connectivity index (χ1v) is 4.94. The molecule has 0 aliphatic heterocycles. The third kappa shape index (κ3) is 2.70. The lowest BCUT2D eigenvalue weighted by molar-refractivity contribution is 0.577. The standard InChI is InChI=1S/C9H19N5/c1-7(2)11-6-5-8-12-13-9(10-3)14(8)4/h7,11H,5-6H2,1-4H3,(H,10,13). The first kappa shape index (κ1) is 11.0. The van der Waals surface area contributed by atoms with Crippen LogP contribution in [0.3, 0.4) is 0 Å². The summed E-state index contributed by atoms with van der Waals surface area (Å²) in [5.41, 5.74) is 0. The summed E-state index contributed by atoms with van der Waals surface area (Å²) in [6.45, 7) is 5.21. The first-order valence-electron chi connectivity index (χ1n) is 4.94. The summed E-state index contributed by atoms with van der Waals surface area (Å²) in [5, 5.41) is 14.4. The fourth-order valence-corrected chi connectivity index (χ4v) is 1.27. The Bertz CT molecular complexity index is 279. The van der Waals surface area contributed by atoms with Crippen LogP contribution in [0.1, 0.15) is 19.7 Å². The van der Waals surface area contributed by atoms with Crippen molar-refractivity contribution in [2.75, 3.05) is 18.9 Å². The number of aromatic nitrogens is 3. The van der Waals surface area contributed by atoms with Gasteiger partial charge in [-0.3, -0.25) is 0 Å². The molecule has 80 valence electrons. The minimum absolute atomic E-state index is 0.520. The Kier molecular flexibility index (Phi) is 3.88. The van der Waals surface area contributed by atoms with E-state index in [-0.39, 0.29) is 0 Å². The number of nitrogens with zero attached hydrogens (tertiary/aromatic N) is 3. The van der Waals surface area contributed by atoms with Gasteiger partial charge in [0, 0.05) is 33.1 Å². The van der Waals surface area contributed by atoms with Gasteiger partial charge < -0.3 is 15.2 Å². The van der Waals surface area contributed by atoms with Crippen LogP contribution in [0.4, 0.5) is 5.95 Å². The highest BCUT2D eigenvalue weighted by Gasteiger charge is 2.06. The SMILES string of the molecule is CNc1nnc(CCNC(C)C)n1C. The van der Waals surface area contributed by atoms with E-state index in [1.54, 1.807) is 0 Å². The molecule has 1 aromatic heterocycles. The topological polar surface area (TPSA) is 54.8 Å². The quantitative estimate of drug-likeness (QED) is 0.717. The Hall–Kier alpha value is -1.10. The molecule has 0 radical (unpaired) electrons. The summed E-state index contributed by atoms with van der Waals surface area (Å²) < 4.78 is 1.97. The molecular formula is C9H19N5. The van der Waals surface area contributed by atoms with E-state index < -0.39 is 0 Å². The molecule has 0 bridgehead atoms. The van der Waals surface area contributed by atoms with Crippen molar-refractivity contribution in [3.8, 4) is 0 Å². The first-order chi connectivity index (χ1) is 6.65. The van der Waals surface area contributed by atoms with E-state index in [1.165, 1.54) is 0 Å². The highest BCUT2D eigenvalue weighted by Crippen LogP contribution is 2.03. The average molecular weight is 197 g/mol. The van der Waals surface area contributed by atoms with Crippen molar-refractivity contribution in [2.45, 2.75) is 26.3 Å². The lowest BCUT2D eigenvalue weighted by atomic mass is 10.3. The van der Waals surface area contributed by atoms with Crippen molar-refractivity contribution in [1.29, 1.82) is 0 Å². The van der Waals surface area contributed by atoms with Gasteiger partial charge in [-0.05, 0) is 0 Å². The van der Waals surface area contributed by atoms with Gasteiger partial charge in [-0.2, -0.15) is 0 Å². The molecule has 0 saturated carbocycles. The third-order valence-electron chi connectivity index (χ3n) is 2.09. The summed E-state index contributed by atoms with van der Waals surface area (Å²) >= 11 is 0. The maximum Gasteiger partial charge on any atom is 0.224 e. The molecule has 0 aromatic carbocycles. The lowest BCUT2D eigenvalue weighted by Crippen LogP contribution is -2.25. The monoisotopic (exact) mass is 197 g/mol. The second-order valence-electron chi connectivity index (χ2n) is 3.61. The molecular weight excluding hydrogens is 178 g/mol.